The second kappa shape index (κ2) is 17.0. The Morgan fingerprint density at radius 3 is 1.35 bits per heavy atom. The first-order chi connectivity index (χ1) is 26.4. The third-order valence-electron chi connectivity index (χ3n) is 8.26. The van der Waals surface area contributed by atoms with Gasteiger partial charge in [-0.05, 0) is 65.6 Å². The maximum Gasteiger partial charge on any atom is 0.338 e. The van der Waals surface area contributed by atoms with Crippen molar-refractivity contribution < 1.29 is 9.53 Å². The molecule has 0 aliphatic rings. The molecule has 7 rings (SSSR count). The highest BCUT2D eigenvalue weighted by Crippen LogP contribution is 2.21. The lowest BCUT2D eigenvalue weighted by atomic mass is 10.1. The third kappa shape index (κ3) is 10.0. The fraction of sp³-hybridized carbons (Fsp3) is 0.114. The van der Waals surface area contributed by atoms with E-state index in [-0.39, 0.29) is 0 Å². The number of nitrogens with one attached hydrogen (secondary N) is 2. The summed E-state index contributed by atoms with van der Waals surface area (Å²) < 4.78 is 5.46. The lowest BCUT2D eigenvalue weighted by molar-refractivity contribution is -0.130. The van der Waals surface area contributed by atoms with Crippen LogP contribution in [0.3, 0.4) is 0 Å². The Morgan fingerprint density at radius 1 is 0.500 bits per heavy atom. The van der Waals surface area contributed by atoms with E-state index in [2.05, 4.69) is 47.5 Å². The van der Waals surface area contributed by atoms with Gasteiger partial charge >= 0.3 is 5.97 Å². The molecule has 10 heteroatoms. The molecule has 0 atom stereocenters. The lowest BCUT2D eigenvalue weighted by Crippen LogP contribution is -2.10. The van der Waals surface area contributed by atoms with Gasteiger partial charge in [0.2, 0.25) is 11.9 Å². The summed E-state index contributed by atoms with van der Waals surface area (Å²) in [6.45, 7) is 5.29. The van der Waals surface area contributed by atoms with Crippen molar-refractivity contribution in [3.8, 4) is 5.75 Å². The first kappa shape index (κ1) is 35.3. The maximum absolute atomic E-state index is 12.1. The van der Waals surface area contributed by atoms with Gasteiger partial charge in [0.15, 0.2) is 0 Å². The van der Waals surface area contributed by atoms with Gasteiger partial charge in [-0.15, -0.1) is 0 Å². The summed E-state index contributed by atoms with van der Waals surface area (Å²) in [6.07, 6.45) is 1.98. The van der Waals surface area contributed by atoms with Crippen LogP contribution in [0.15, 0.2) is 152 Å². The van der Waals surface area contributed by atoms with Crippen LogP contribution in [0.5, 0.6) is 5.75 Å². The number of anilines is 4. The Hall–Kier alpha value is -7.07. The largest absolute Gasteiger partial charge is 0.423 e. The van der Waals surface area contributed by atoms with E-state index >= 15 is 0 Å². The Balaban J connectivity index is 1.14. The SMILES string of the molecule is C=C(C)C(=O)Oc1cccc(Cc2nc(Cc3cccc(Cc4nc(Cc5ccccc5)nc(Nc5ccccc5)n4)c3)nc(Nc3ccccc3)n2)c1. The molecular formula is C44H38N8O2. The van der Waals surface area contributed by atoms with Crippen LogP contribution < -0.4 is 15.4 Å². The summed E-state index contributed by atoms with van der Waals surface area (Å²) in [5, 5.41) is 6.67. The Bertz CT molecular complexity index is 2310. The first-order valence-electron chi connectivity index (χ1n) is 17.6. The number of aromatic nitrogens is 6. The number of hydrogen-bond donors (Lipinski definition) is 2. The minimum absolute atomic E-state index is 0.328. The molecule has 0 fully saturated rings. The highest BCUT2D eigenvalue weighted by atomic mass is 16.5. The van der Waals surface area contributed by atoms with Crippen molar-refractivity contribution in [1.29, 1.82) is 0 Å². The van der Waals surface area contributed by atoms with Crippen molar-refractivity contribution in [2.24, 2.45) is 0 Å². The molecule has 0 saturated carbocycles. The van der Waals surface area contributed by atoms with Gasteiger partial charge < -0.3 is 15.4 Å². The highest BCUT2D eigenvalue weighted by Gasteiger charge is 2.13. The molecule has 7 aromatic rings. The third-order valence-corrected chi connectivity index (χ3v) is 8.26. The summed E-state index contributed by atoms with van der Waals surface area (Å²) in [4.78, 5) is 41.0. The number of benzene rings is 5. The number of hydrogen-bond acceptors (Lipinski definition) is 10. The Morgan fingerprint density at radius 2 is 0.889 bits per heavy atom. The van der Waals surface area contributed by atoms with Crippen molar-refractivity contribution in [2.45, 2.75) is 32.6 Å². The monoisotopic (exact) mass is 710 g/mol. The molecule has 0 aliphatic heterocycles. The molecule has 266 valence electrons. The van der Waals surface area contributed by atoms with E-state index in [1.165, 1.54) is 0 Å². The summed E-state index contributed by atoms with van der Waals surface area (Å²) in [6, 6.07) is 45.5. The molecule has 10 nitrogen and oxygen atoms in total. The van der Waals surface area contributed by atoms with Gasteiger partial charge in [0.05, 0.1) is 0 Å². The standard InChI is InChI=1S/C44H38N8O2/c1-30(2)42(53)54-37-23-13-18-34(25-37)29-41-48-40(51-44(52-41)46-36-21-10-5-11-22-36)28-33-17-12-16-32(24-33)27-39-47-38(26-31-14-6-3-7-15-31)49-43(50-39)45-35-19-8-4-9-20-35/h3-25H,1,26-29H2,2H3,(H,45,47,49,50)(H,46,48,51,52). The van der Waals surface area contributed by atoms with Gasteiger partial charge in [0.25, 0.3) is 0 Å². The number of carbonyl (C=O) groups is 1. The average Bonchev–Trinajstić information content (AvgIpc) is 3.16. The van der Waals surface area contributed by atoms with Crippen LogP contribution in [0.2, 0.25) is 0 Å². The fourth-order valence-electron chi connectivity index (χ4n) is 5.75. The van der Waals surface area contributed by atoms with Gasteiger partial charge in [-0.25, -0.2) is 14.8 Å². The summed E-state index contributed by atoms with van der Waals surface area (Å²) in [5.74, 6) is 3.45. The van der Waals surface area contributed by atoms with E-state index in [0.29, 0.717) is 72.2 Å². The number of para-hydroxylation sites is 2. The molecule has 54 heavy (non-hydrogen) atoms. The molecule has 0 spiro atoms. The topological polar surface area (TPSA) is 128 Å². The molecule has 2 aromatic heterocycles. The zero-order chi connectivity index (χ0) is 37.1. The predicted octanol–water partition coefficient (Wildman–Crippen LogP) is 8.39. The molecule has 0 amide bonds. The number of esters is 1. The fourth-order valence-corrected chi connectivity index (χ4v) is 5.75. The molecule has 5 aromatic carbocycles. The molecular weight excluding hydrogens is 673 g/mol. The van der Waals surface area contributed by atoms with E-state index in [1.54, 1.807) is 13.0 Å². The number of ether oxygens (including phenoxy) is 1. The molecule has 2 heterocycles. The van der Waals surface area contributed by atoms with Gasteiger partial charge in [0, 0.05) is 42.6 Å². The summed E-state index contributed by atoms with van der Waals surface area (Å²) in [7, 11) is 0. The van der Waals surface area contributed by atoms with E-state index < -0.39 is 5.97 Å². The average molecular weight is 711 g/mol. The smallest absolute Gasteiger partial charge is 0.338 e. The van der Waals surface area contributed by atoms with Crippen molar-refractivity contribution >= 4 is 29.2 Å². The molecule has 0 unspecified atom stereocenters. The molecule has 0 radical (unpaired) electrons. The highest BCUT2D eigenvalue weighted by molar-refractivity contribution is 5.88. The zero-order valence-electron chi connectivity index (χ0n) is 29.8. The van der Waals surface area contributed by atoms with Gasteiger partial charge in [-0.3, -0.25) is 0 Å². The summed E-state index contributed by atoms with van der Waals surface area (Å²) in [5.41, 5.74) is 6.18. The number of rotatable bonds is 14. The molecule has 0 saturated heterocycles. The molecule has 0 bridgehead atoms. The normalized spacial score (nSPS) is 10.8. The lowest BCUT2D eigenvalue weighted by Gasteiger charge is -2.11. The molecule has 0 aliphatic carbocycles. The van der Waals surface area contributed by atoms with Crippen molar-refractivity contribution in [1.82, 2.24) is 29.9 Å². The minimum atomic E-state index is -0.474. The van der Waals surface area contributed by atoms with Crippen molar-refractivity contribution in [3.05, 3.63) is 197 Å². The van der Waals surface area contributed by atoms with Crippen LogP contribution in [-0.2, 0) is 30.5 Å². The second-order valence-corrected chi connectivity index (χ2v) is 12.8. The second-order valence-electron chi connectivity index (χ2n) is 12.8. The quantitative estimate of drug-likeness (QED) is 0.0645. The van der Waals surface area contributed by atoms with Crippen LogP contribution in [0, 0.1) is 0 Å². The van der Waals surface area contributed by atoms with Crippen LogP contribution in [0.1, 0.15) is 52.5 Å². The van der Waals surface area contributed by atoms with Crippen LogP contribution in [0.25, 0.3) is 0 Å². The zero-order valence-corrected chi connectivity index (χ0v) is 29.8. The molecule has 2 N–H and O–H groups in total. The van der Waals surface area contributed by atoms with Crippen molar-refractivity contribution in [3.63, 3.8) is 0 Å². The van der Waals surface area contributed by atoms with Gasteiger partial charge in [-0.2, -0.15) is 19.9 Å². The van der Waals surface area contributed by atoms with E-state index in [9.17, 15) is 4.79 Å². The first-order valence-corrected chi connectivity index (χ1v) is 17.6. The predicted molar refractivity (Wildman–Crippen MR) is 210 cm³/mol. The van der Waals surface area contributed by atoms with E-state index in [1.807, 2.05) is 103 Å². The van der Waals surface area contributed by atoms with E-state index in [0.717, 1.165) is 33.6 Å². The minimum Gasteiger partial charge on any atom is -0.423 e. The van der Waals surface area contributed by atoms with Crippen LogP contribution in [0.4, 0.5) is 23.3 Å². The van der Waals surface area contributed by atoms with Crippen LogP contribution in [-0.4, -0.2) is 35.9 Å². The summed E-state index contributed by atoms with van der Waals surface area (Å²) >= 11 is 0. The number of nitrogens with zero attached hydrogens (tertiary/aromatic N) is 6. The van der Waals surface area contributed by atoms with Gasteiger partial charge in [-0.1, -0.05) is 110 Å². The maximum atomic E-state index is 12.1. The van der Waals surface area contributed by atoms with Crippen LogP contribution >= 0.6 is 0 Å². The Kier molecular flexibility index (Phi) is 11.1. The van der Waals surface area contributed by atoms with Crippen molar-refractivity contribution in [2.75, 3.05) is 10.6 Å². The number of carbonyl (C=O) groups excluding carboxylic acids is 1. The van der Waals surface area contributed by atoms with Gasteiger partial charge in [0.1, 0.15) is 29.0 Å². The Labute approximate surface area is 314 Å². The van der Waals surface area contributed by atoms with E-state index in [4.69, 9.17) is 34.6 Å².